The average Bonchev–Trinajstić information content (AvgIpc) is 3.16. The van der Waals surface area contributed by atoms with Gasteiger partial charge in [0.2, 0.25) is 5.16 Å². The Kier molecular flexibility index (Phi) is 4.27. The molecule has 0 bridgehead atoms. The van der Waals surface area contributed by atoms with Gasteiger partial charge in [0.1, 0.15) is 0 Å². The maximum absolute atomic E-state index is 8.94. The smallest absolute Gasteiger partial charge is 0.209 e. The molecule has 0 unspecified atom stereocenters. The first kappa shape index (κ1) is 13.8. The Balaban J connectivity index is 1.66. The Morgan fingerprint density at radius 1 is 1.19 bits per heavy atom. The van der Waals surface area contributed by atoms with Gasteiger partial charge in [-0.25, -0.2) is 9.36 Å². The predicted octanol–water partition coefficient (Wildman–Crippen LogP) is 1.14. The Morgan fingerprint density at radius 3 is 2.86 bits per heavy atom. The van der Waals surface area contributed by atoms with E-state index in [1.54, 1.807) is 4.68 Å². The fourth-order valence-corrected chi connectivity index (χ4v) is 2.66. The minimum absolute atomic E-state index is 0.0184. The van der Waals surface area contributed by atoms with Gasteiger partial charge >= 0.3 is 0 Å². The summed E-state index contributed by atoms with van der Waals surface area (Å²) >= 11 is 1.52. The number of aromatic nitrogens is 6. The maximum Gasteiger partial charge on any atom is 0.209 e. The van der Waals surface area contributed by atoms with Gasteiger partial charge < -0.3 is 5.11 Å². The third-order valence-corrected chi connectivity index (χ3v) is 3.86. The number of hydrogen-bond donors (Lipinski definition) is 1. The molecule has 0 fully saturated rings. The summed E-state index contributed by atoms with van der Waals surface area (Å²) in [6.45, 7) is 0.420. The van der Waals surface area contributed by atoms with Crippen LogP contribution in [-0.4, -0.2) is 41.7 Å². The quantitative estimate of drug-likeness (QED) is 0.688. The summed E-state index contributed by atoms with van der Waals surface area (Å²) in [4.78, 5) is 0. The zero-order chi connectivity index (χ0) is 14.5. The first-order valence-electron chi connectivity index (χ1n) is 6.45. The third-order valence-electron chi connectivity index (χ3n) is 2.84. The van der Waals surface area contributed by atoms with Gasteiger partial charge in [0.05, 0.1) is 25.0 Å². The number of rotatable bonds is 6. The summed E-state index contributed by atoms with van der Waals surface area (Å²) in [7, 11) is 0. The lowest BCUT2D eigenvalue weighted by Gasteiger charge is -2.01. The van der Waals surface area contributed by atoms with E-state index in [1.807, 2.05) is 47.4 Å². The molecule has 0 aliphatic carbocycles. The summed E-state index contributed by atoms with van der Waals surface area (Å²) in [6, 6.07) is 9.95. The van der Waals surface area contributed by atoms with Crippen molar-refractivity contribution in [1.29, 1.82) is 0 Å². The van der Waals surface area contributed by atoms with Gasteiger partial charge in [0.15, 0.2) is 0 Å². The molecule has 0 saturated carbocycles. The van der Waals surface area contributed by atoms with Gasteiger partial charge in [-0.1, -0.05) is 30.0 Å². The van der Waals surface area contributed by atoms with Crippen molar-refractivity contribution in [2.24, 2.45) is 0 Å². The molecular formula is C13H14N6OS. The second-order valence-corrected chi connectivity index (χ2v) is 5.27. The summed E-state index contributed by atoms with van der Waals surface area (Å²) < 4.78 is 3.43. The van der Waals surface area contributed by atoms with Crippen molar-refractivity contribution < 1.29 is 5.11 Å². The van der Waals surface area contributed by atoms with Crippen LogP contribution in [0.5, 0.6) is 0 Å². The highest BCUT2D eigenvalue weighted by Crippen LogP contribution is 2.20. The van der Waals surface area contributed by atoms with E-state index in [0.29, 0.717) is 11.7 Å². The molecule has 8 heteroatoms. The van der Waals surface area contributed by atoms with Gasteiger partial charge in [-0.05, 0) is 22.6 Å². The molecule has 0 spiro atoms. The fraction of sp³-hybridized carbons (Fsp3) is 0.231. The van der Waals surface area contributed by atoms with Crippen LogP contribution in [0.4, 0.5) is 0 Å². The lowest BCUT2D eigenvalue weighted by atomic mass is 10.3. The molecule has 108 valence electrons. The maximum atomic E-state index is 8.94. The molecule has 0 saturated heterocycles. The molecule has 0 aliphatic heterocycles. The number of nitrogens with zero attached hydrogens (tertiary/aromatic N) is 6. The third kappa shape index (κ3) is 3.29. The van der Waals surface area contributed by atoms with Crippen LogP contribution in [0, 0.1) is 0 Å². The Bertz CT molecular complexity index is 696. The summed E-state index contributed by atoms with van der Waals surface area (Å²) in [6.07, 6.45) is 3.82. The van der Waals surface area contributed by atoms with Crippen molar-refractivity contribution in [1.82, 2.24) is 30.0 Å². The van der Waals surface area contributed by atoms with Crippen molar-refractivity contribution in [2.75, 3.05) is 6.61 Å². The number of benzene rings is 1. The largest absolute Gasteiger partial charge is 0.394 e. The molecule has 0 atom stereocenters. The normalized spacial score (nSPS) is 10.9. The number of aliphatic hydroxyl groups excluding tert-OH is 1. The van der Waals surface area contributed by atoms with Crippen LogP contribution in [0.3, 0.4) is 0 Å². The highest BCUT2D eigenvalue weighted by molar-refractivity contribution is 7.98. The van der Waals surface area contributed by atoms with E-state index in [1.165, 1.54) is 11.8 Å². The van der Waals surface area contributed by atoms with Crippen molar-refractivity contribution in [3.63, 3.8) is 0 Å². The van der Waals surface area contributed by atoms with Gasteiger partial charge in [0.25, 0.3) is 0 Å². The molecule has 0 radical (unpaired) electrons. The Labute approximate surface area is 125 Å². The van der Waals surface area contributed by atoms with Crippen LogP contribution < -0.4 is 0 Å². The van der Waals surface area contributed by atoms with Crippen molar-refractivity contribution >= 4 is 11.8 Å². The number of thioether (sulfide) groups is 1. The first-order valence-corrected chi connectivity index (χ1v) is 7.44. The van der Waals surface area contributed by atoms with Gasteiger partial charge in [-0.3, -0.25) is 0 Å². The molecule has 0 amide bonds. The molecule has 3 aromatic rings. The van der Waals surface area contributed by atoms with Crippen LogP contribution in [0.15, 0.2) is 47.9 Å². The summed E-state index contributed by atoms with van der Waals surface area (Å²) in [5.41, 5.74) is 2.11. The van der Waals surface area contributed by atoms with Crippen LogP contribution in [0.2, 0.25) is 0 Å². The van der Waals surface area contributed by atoms with Gasteiger partial charge in [-0.2, -0.15) is 5.10 Å². The second-order valence-electron chi connectivity index (χ2n) is 4.33. The van der Waals surface area contributed by atoms with Gasteiger partial charge in [-0.15, -0.1) is 5.10 Å². The van der Waals surface area contributed by atoms with E-state index in [0.717, 1.165) is 17.0 Å². The van der Waals surface area contributed by atoms with E-state index in [2.05, 4.69) is 20.6 Å². The zero-order valence-electron chi connectivity index (χ0n) is 11.2. The molecule has 7 nitrogen and oxygen atoms in total. The van der Waals surface area contributed by atoms with E-state index in [-0.39, 0.29) is 6.61 Å². The number of aliphatic hydroxyl groups is 1. The molecule has 2 aromatic heterocycles. The van der Waals surface area contributed by atoms with Crippen LogP contribution in [-0.2, 0) is 12.3 Å². The highest BCUT2D eigenvalue weighted by Gasteiger charge is 2.08. The summed E-state index contributed by atoms with van der Waals surface area (Å²) in [5.74, 6) is 0.721. The lowest BCUT2D eigenvalue weighted by Crippen LogP contribution is -2.05. The standard InChI is InChI=1S/C13H14N6OS/c20-7-6-18-13(15-16-17-18)21-10-11-8-14-19(9-11)12-4-2-1-3-5-12/h1-5,8-9,20H,6-7,10H2. The average molecular weight is 302 g/mol. The topological polar surface area (TPSA) is 81.7 Å². The molecule has 1 N–H and O–H groups in total. The van der Waals surface area contributed by atoms with Crippen molar-refractivity contribution in [3.05, 3.63) is 48.3 Å². The zero-order valence-corrected chi connectivity index (χ0v) is 12.0. The van der Waals surface area contributed by atoms with Crippen LogP contribution in [0.1, 0.15) is 5.56 Å². The SMILES string of the molecule is OCCn1nnnc1SCc1cnn(-c2ccccc2)c1. The van der Waals surface area contributed by atoms with E-state index >= 15 is 0 Å². The van der Waals surface area contributed by atoms with Gasteiger partial charge in [0, 0.05) is 17.5 Å². The lowest BCUT2D eigenvalue weighted by molar-refractivity contribution is 0.262. The molecule has 0 aliphatic rings. The van der Waals surface area contributed by atoms with Crippen LogP contribution >= 0.6 is 11.8 Å². The van der Waals surface area contributed by atoms with E-state index in [4.69, 9.17) is 5.11 Å². The predicted molar refractivity (Wildman–Crippen MR) is 78.0 cm³/mol. The molecule has 21 heavy (non-hydrogen) atoms. The van der Waals surface area contributed by atoms with E-state index in [9.17, 15) is 0 Å². The molecule has 3 rings (SSSR count). The molecule has 2 heterocycles. The highest BCUT2D eigenvalue weighted by atomic mass is 32.2. The monoisotopic (exact) mass is 302 g/mol. The number of para-hydroxylation sites is 1. The molecule has 1 aromatic carbocycles. The number of hydrogen-bond acceptors (Lipinski definition) is 6. The van der Waals surface area contributed by atoms with Crippen LogP contribution in [0.25, 0.3) is 5.69 Å². The summed E-state index contributed by atoms with van der Waals surface area (Å²) in [5, 5.41) is 25.4. The molecular weight excluding hydrogens is 288 g/mol. The second kappa shape index (κ2) is 6.51. The number of tetrazole rings is 1. The minimum atomic E-state index is 0.0184. The minimum Gasteiger partial charge on any atom is -0.394 e. The van der Waals surface area contributed by atoms with Crippen molar-refractivity contribution in [2.45, 2.75) is 17.5 Å². The Hall–Kier alpha value is -2.19. The van der Waals surface area contributed by atoms with E-state index < -0.39 is 0 Å². The fourth-order valence-electron chi connectivity index (χ4n) is 1.84. The first-order chi connectivity index (χ1) is 10.4. The van der Waals surface area contributed by atoms with Crippen molar-refractivity contribution in [3.8, 4) is 5.69 Å². The Morgan fingerprint density at radius 2 is 2.05 bits per heavy atom.